The van der Waals surface area contributed by atoms with Gasteiger partial charge in [-0.25, -0.2) is 0 Å². The number of aryl methyl sites for hydroxylation is 2. The zero-order valence-electron chi connectivity index (χ0n) is 8.78. The van der Waals surface area contributed by atoms with Crippen LogP contribution >= 0.6 is 22.7 Å². The number of hydrogen-bond acceptors (Lipinski definition) is 5. The minimum atomic E-state index is 0.808. The third-order valence-corrected chi connectivity index (χ3v) is 3.96. The maximum absolute atomic E-state index is 4.07. The van der Waals surface area contributed by atoms with Crippen molar-refractivity contribution in [2.24, 2.45) is 0 Å². The summed E-state index contributed by atoms with van der Waals surface area (Å²) in [6.07, 6.45) is 0. The van der Waals surface area contributed by atoms with Crippen LogP contribution in [-0.2, 0) is 13.1 Å². The van der Waals surface area contributed by atoms with E-state index in [0.29, 0.717) is 0 Å². The zero-order valence-corrected chi connectivity index (χ0v) is 10.4. The van der Waals surface area contributed by atoms with Crippen molar-refractivity contribution >= 4 is 22.7 Å². The van der Waals surface area contributed by atoms with Gasteiger partial charge in [0.1, 0.15) is 10.0 Å². The Kier molecular flexibility index (Phi) is 3.45. The molecule has 80 valence electrons. The Bertz CT molecular complexity index is 433. The van der Waals surface area contributed by atoms with E-state index in [9.17, 15) is 0 Å². The molecule has 0 aliphatic carbocycles. The van der Waals surface area contributed by atoms with Gasteiger partial charge in [0.05, 0.1) is 6.54 Å². The van der Waals surface area contributed by atoms with Crippen LogP contribution in [0.5, 0.6) is 0 Å². The summed E-state index contributed by atoms with van der Waals surface area (Å²) < 4.78 is 0. The minimum Gasteiger partial charge on any atom is -0.305 e. The average Bonchev–Trinajstić information content (AvgIpc) is 2.77. The van der Waals surface area contributed by atoms with E-state index in [1.165, 1.54) is 10.4 Å². The van der Waals surface area contributed by atoms with Gasteiger partial charge in [-0.3, -0.25) is 0 Å². The van der Waals surface area contributed by atoms with Crippen LogP contribution in [-0.4, -0.2) is 10.2 Å². The molecule has 3 nitrogen and oxygen atoms in total. The molecule has 0 aromatic carbocycles. The second-order valence-electron chi connectivity index (χ2n) is 3.35. The first-order chi connectivity index (χ1) is 7.25. The van der Waals surface area contributed by atoms with Gasteiger partial charge < -0.3 is 5.32 Å². The molecule has 0 atom stereocenters. The van der Waals surface area contributed by atoms with Crippen molar-refractivity contribution in [3.8, 4) is 0 Å². The molecule has 0 aliphatic heterocycles. The van der Waals surface area contributed by atoms with Gasteiger partial charge in [0, 0.05) is 11.4 Å². The van der Waals surface area contributed by atoms with Crippen molar-refractivity contribution in [2.75, 3.05) is 0 Å². The highest BCUT2D eigenvalue weighted by Crippen LogP contribution is 2.15. The van der Waals surface area contributed by atoms with Crippen LogP contribution in [0.1, 0.15) is 20.5 Å². The second kappa shape index (κ2) is 4.83. The minimum absolute atomic E-state index is 0.808. The van der Waals surface area contributed by atoms with Crippen molar-refractivity contribution in [1.82, 2.24) is 15.5 Å². The molecule has 0 saturated carbocycles. The Hall–Kier alpha value is -0.780. The molecule has 1 N–H and O–H groups in total. The normalized spacial score (nSPS) is 10.8. The molecule has 0 unspecified atom stereocenters. The summed E-state index contributed by atoms with van der Waals surface area (Å²) in [5.74, 6) is 0. The lowest BCUT2D eigenvalue weighted by molar-refractivity contribution is 0.688. The molecule has 5 heteroatoms. The summed E-state index contributed by atoms with van der Waals surface area (Å²) in [4.78, 5) is 1.40. The van der Waals surface area contributed by atoms with Crippen LogP contribution in [0.15, 0.2) is 11.4 Å². The molecule has 0 saturated heterocycles. The Labute approximate surface area is 97.2 Å². The van der Waals surface area contributed by atoms with E-state index in [4.69, 9.17) is 0 Å². The maximum Gasteiger partial charge on any atom is 0.131 e. The molecule has 2 rings (SSSR count). The lowest BCUT2D eigenvalue weighted by Crippen LogP contribution is -2.12. The quantitative estimate of drug-likeness (QED) is 0.891. The summed E-state index contributed by atoms with van der Waals surface area (Å²) in [7, 11) is 0. The Balaban J connectivity index is 1.83. The van der Waals surface area contributed by atoms with E-state index in [0.717, 1.165) is 23.1 Å². The summed E-state index contributed by atoms with van der Waals surface area (Å²) >= 11 is 3.44. The molecule has 0 amide bonds. The molecule has 0 fully saturated rings. The highest BCUT2D eigenvalue weighted by Gasteiger charge is 2.01. The SMILES string of the molecule is Cc1nnc(CNCc2sccc2C)s1. The molecule has 2 heterocycles. The summed E-state index contributed by atoms with van der Waals surface area (Å²) in [6.45, 7) is 5.85. The average molecular weight is 239 g/mol. The highest BCUT2D eigenvalue weighted by atomic mass is 32.1. The topological polar surface area (TPSA) is 37.8 Å². The van der Waals surface area contributed by atoms with Crippen LogP contribution in [0.3, 0.4) is 0 Å². The van der Waals surface area contributed by atoms with Gasteiger partial charge in [0.2, 0.25) is 0 Å². The molecule has 0 spiro atoms. The number of aromatic nitrogens is 2. The second-order valence-corrected chi connectivity index (χ2v) is 5.61. The van der Waals surface area contributed by atoms with E-state index in [1.54, 1.807) is 22.7 Å². The third-order valence-electron chi connectivity index (χ3n) is 2.10. The third kappa shape index (κ3) is 2.84. The van der Waals surface area contributed by atoms with Crippen LogP contribution < -0.4 is 5.32 Å². The van der Waals surface area contributed by atoms with Crippen molar-refractivity contribution in [2.45, 2.75) is 26.9 Å². The molecule has 0 radical (unpaired) electrons. The van der Waals surface area contributed by atoms with E-state index >= 15 is 0 Å². The van der Waals surface area contributed by atoms with Crippen molar-refractivity contribution in [3.63, 3.8) is 0 Å². The Morgan fingerprint density at radius 1 is 1.27 bits per heavy atom. The van der Waals surface area contributed by atoms with Gasteiger partial charge in [-0.2, -0.15) is 0 Å². The van der Waals surface area contributed by atoms with Gasteiger partial charge >= 0.3 is 0 Å². The zero-order chi connectivity index (χ0) is 10.7. The monoisotopic (exact) mass is 239 g/mol. The number of nitrogens with one attached hydrogen (secondary N) is 1. The lowest BCUT2D eigenvalue weighted by atomic mass is 10.3. The van der Waals surface area contributed by atoms with Crippen molar-refractivity contribution in [1.29, 1.82) is 0 Å². The maximum atomic E-state index is 4.07. The highest BCUT2D eigenvalue weighted by molar-refractivity contribution is 7.11. The Morgan fingerprint density at radius 2 is 2.13 bits per heavy atom. The fourth-order valence-corrected chi connectivity index (χ4v) is 2.83. The van der Waals surface area contributed by atoms with Crippen molar-refractivity contribution < 1.29 is 0 Å². The van der Waals surface area contributed by atoms with Crippen LogP contribution in [0.25, 0.3) is 0 Å². The van der Waals surface area contributed by atoms with Gasteiger partial charge in [0.15, 0.2) is 0 Å². The summed E-state index contributed by atoms with van der Waals surface area (Å²) in [6, 6.07) is 2.15. The number of nitrogens with zero attached hydrogens (tertiary/aromatic N) is 2. The van der Waals surface area contributed by atoms with E-state index in [-0.39, 0.29) is 0 Å². The first-order valence-electron chi connectivity index (χ1n) is 4.78. The fraction of sp³-hybridized carbons (Fsp3) is 0.400. The number of rotatable bonds is 4. The summed E-state index contributed by atoms with van der Waals surface area (Å²) in [5.41, 5.74) is 1.36. The predicted octanol–water partition coefficient (Wildman–Crippen LogP) is 2.51. The standard InChI is InChI=1S/C10H13N3S2/c1-7-3-4-14-9(7)5-11-6-10-13-12-8(2)15-10/h3-4,11H,5-6H2,1-2H3. The molecule has 2 aromatic heterocycles. The van der Waals surface area contributed by atoms with Crippen LogP contribution in [0.2, 0.25) is 0 Å². The van der Waals surface area contributed by atoms with Gasteiger partial charge in [-0.15, -0.1) is 32.9 Å². The number of thiophene rings is 1. The van der Waals surface area contributed by atoms with Gasteiger partial charge in [0.25, 0.3) is 0 Å². The fourth-order valence-electron chi connectivity index (χ4n) is 1.28. The van der Waals surface area contributed by atoms with E-state index < -0.39 is 0 Å². The lowest BCUT2D eigenvalue weighted by Gasteiger charge is -2.00. The van der Waals surface area contributed by atoms with Crippen LogP contribution in [0, 0.1) is 13.8 Å². The molecule has 0 aliphatic rings. The first kappa shape index (κ1) is 10.7. The van der Waals surface area contributed by atoms with E-state index in [2.05, 4.69) is 33.9 Å². The van der Waals surface area contributed by atoms with Gasteiger partial charge in [-0.05, 0) is 30.9 Å². The largest absolute Gasteiger partial charge is 0.305 e. The molecule has 15 heavy (non-hydrogen) atoms. The van der Waals surface area contributed by atoms with Gasteiger partial charge in [-0.1, -0.05) is 0 Å². The van der Waals surface area contributed by atoms with E-state index in [1.807, 2.05) is 6.92 Å². The van der Waals surface area contributed by atoms with Crippen molar-refractivity contribution in [3.05, 3.63) is 31.9 Å². The predicted molar refractivity (Wildman–Crippen MR) is 64.2 cm³/mol. The Morgan fingerprint density at radius 3 is 2.73 bits per heavy atom. The molecule has 2 aromatic rings. The molecular weight excluding hydrogens is 226 g/mol. The molecular formula is C10H13N3S2. The smallest absolute Gasteiger partial charge is 0.131 e. The summed E-state index contributed by atoms with van der Waals surface area (Å²) in [5, 5.41) is 15.6. The first-order valence-corrected chi connectivity index (χ1v) is 6.48. The molecule has 0 bridgehead atoms. The van der Waals surface area contributed by atoms with Crippen LogP contribution in [0.4, 0.5) is 0 Å². The number of hydrogen-bond donors (Lipinski definition) is 1.